The van der Waals surface area contributed by atoms with Crippen LogP contribution in [0.3, 0.4) is 0 Å². The Balaban J connectivity index is 2.15. The van der Waals surface area contributed by atoms with E-state index in [2.05, 4.69) is 11.9 Å². The molecule has 9 nitrogen and oxygen atoms in total. The number of anilines is 1. The number of carbonyl (C=O) groups excluding carboxylic acids is 2. The van der Waals surface area contributed by atoms with Gasteiger partial charge in [-0.05, 0) is 17.5 Å². The van der Waals surface area contributed by atoms with Crippen molar-refractivity contribution < 1.29 is 34.4 Å². The molecular formula is C24H34N2O7. The fourth-order valence-electron chi connectivity index (χ4n) is 3.31. The smallest absolute Gasteiger partial charge is 0.253 e. The van der Waals surface area contributed by atoms with Gasteiger partial charge in [0.25, 0.3) is 11.8 Å². The van der Waals surface area contributed by atoms with E-state index in [9.17, 15) is 24.9 Å². The normalized spacial score (nSPS) is 20.3. The molecule has 9 heteroatoms. The predicted molar refractivity (Wildman–Crippen MR) is 124 cm³/mol. The number of ether oxygens (including phenoxy) is 2. The van der Waals surface area contributed by atoms with Crippen LogP contribution in [0.1, 0.15) is 20.8 Å². The van der Waals surface area contributed by atoms with Gasteiger partial charge in [-0.1, -0.05) is 51.1 Å². The SMILES string of the molecule is C=CCN1C(=O)[C@@H](NC(=O)[C@H](OC)[C@H](O)[C@@H](O)[C@H](O)C=CC(C)(C)C)COc2ccccc21. The maximum Gasteiger partial charge on any atom is 0.253 e. The Hall–Kier alpha value is -2.72. The van der Waals surface area contributed by atoms with Crippen molar-refractivity contribution in [2.24, 2.45) is 5.41 Å². The Morgan fingerprint density at radius 1 is 1.30 bits per heavy atom. The van der Waals surface area contributed by atoms with Crippen molar-refractivity contribution in [2.75, 3.05) is 25.2 Å². The number of aliphatic hydroxyl groups is 3. The lowest BCUT2D eigenvalue weighted by atomic mass is 9.94. The summed E-state index contributed by atoms with van der Waals surface area (Å²) in [6.45, 7) is 9.46. The van der Waals surface area contributed by atoms with Crippen LogP contribution >= 0.6 is 0 Å². The zero-order valence-electron chi connectivity index (χ0n) is 19.5. The molecule has 0 fully saturated rings. The summed E-state index contributed by atoms with van der Waals surface area (Å²) in [5.41, 5.74) is 0.296. The van der Waals surface area contributed by atoms with Gasteiger partial charge in [-0.3, -0.25) is 9.59 Å². The van der Waals surface area contributed by atoms with Crippen molar-refractivity contribution in [1.29, 1.82) is 0 Å². The monoisotopic (exact) mass is 462 g/mol. The van der Waals surface area contributed by atoms with Crippen LogP contribution < -0.4 is 15.0 Å². The number of methoxy groups -OCH3 is 1. The second-order valence-electron chi connectivity index (χ2n) is 8.93. The average molecular weight is 463 g/mol. The molecule has 0 spiro atoms. The van der Waals surface area contributed by atoms with E-state index in [0.29, 0.717) is 11.4 Å². The van der Waals surface area contributed by atoms with Crippen molar-refractivity contribution in [3.63, 3.8) is 0 Å². The first-order valence-corrected chi connectivity index (χ1v) is 10.7. The topological polar surface area (TPSA) is 129 Å². The van der Waals surface area contributed by atoms with Gasteiger partial charge in [0.2, 0.25) is 0 Å². The number of nitrogens with zero attached hydrogens (tertiary/aromatic N) is 1. The molecule has 0 bridgehead atoms. The van der Waals surface area contributed by atoms with Crippen molar-refractivity contribution >= 4 is 17.5 Å². The van der Waals surface area contributed by atoms with Crippen molar-refractivity contribution in [1.82, 2.24) is 5.32 Å². The van der Waals surface area contributed by atoms with Crippen LogP contribution in [0.5, 0.6) is 5.75 Å². The highest BCUT2D eigenvalue weighted by molar-refractivity contribution is 6.01. The van der Waals surface area contributed by atoms with E-state index in [1.165, 1.54) is 18.1 Å². The van der Waals surface area contributed by atoms with Crippen LogP contribution in [-0.4, -0.2) is 77.9 Å². The molecule has 1 aliphatic rings. The molecule has 1 aromatic carbocycles. The molecular weight excluding hydrogens is 428 g/mol. The minimum atomic E-state index is -1.75. The van der Waals surface area contributed by atoms with Crippen molar-refractivity contribution in [3.05, 3.63) is 49.1 Å². The third-order valence-electron chi connectivity index (χ3n) is 5.07. The van der Waals surface area contributed by atoms with E-state index in [1.54, 1.807) is 36.4 Å². The number of amides is 2. The van der Waals surface area contributed by atoms with Crippen LogP contribution in [0.15, 0.2) is 49.1 Å². The molecule has 1 aromatic rings. The predicted octanol–water partition coefficient (Wildman–Crippen LogP) is 0.783. The van der Waals surface area contributed by atoms with Crippen LogP contribution in [0.2, 0.25) is 0 Å². The van der Waals surface area contributed by atoms with Gasteiger partial charge in [0.1, 0.15) is 36.7 Å². The lowest BCUT2D eigenvalue weighted by molar-refractivity contribution is -0.150. The number of benzene rings is 1. The quantitative estimate of drug-likeness (QED) is 0.399. The number of carbonyl (C=O) groups is 2. The molecule has 2 amide bonds. The Morgan fingerprint density at radius 3 is 2.58 bits per heavy atom. The number of para-hydroxylation sites is 2. The zero-order valence-corrected chi connectivity index (χ0v) is 19.5. The summed E-state index contributed by atoms with van der Waals surface area (Å²) in [4.78, 5) is 27.4. The fraction of sp³-hybridized carbons (Fsp3) is 0.500. The average Bonchev–Trinajstić information content (AvgIpc) is 2.89. The van der Waals surface area contributed by atoms with E-state index in [4.69, 9.17) is 9.47 Å². The minimum Gasteiger partial charge on any atom is -0.489 e. The van der Waals surface area contributed by atoms with Crippen LogP contribution in [0.4, 0.5) is 5.69 Å². The highest BCUT2D eigenvalue weighted by Crippen LogP contribution is 2.31. The Kier molecular flexibility index (Phi) is 9.18. The molecule has 0 saturated heterocycles. The summed E-state index contributed by atoms with van der Waals surface area (Å²) >= 11 is 0. The number of fused-ring (bicyclic) bond motifs is 1. The number of rotatable bonds is 9. The van der Waals surface area contributed by atoms with Gasteiger partial charge in [-0.2, -0.15) is 0 Å². The van der Waals surface area contributed by atoms with E-state index in [0.717, 1.165) is 0 Å². The summed E-state index contributed by atoms with van der Waals surface area (Å²) in [6.07, 6.45) is -1.81. The molecule has 1 aliphatic heterocycles. The van der Waals surface area contributed by atoms with E-state index in [1.807, 2.05) is 20.8 Å². The van der Waals surface area contributed by atoms with Crippen LogP contribution in [-0.2, 0) is 14.3 Å². The fourth-order valence-corrected chi connectivity index (χ4v) is 3.31. The van der Waals surface area contributed by atoms with Gasteiger partial charge in [0.05, 0.1) is 5.69 Å². The first-order valence-electron chi connectivity index (χ1n) is 10.7. The van der Waals surface area contributed by atoms with E-state index >= 15 is 0 Å². The van der Waals surface area contributed by atoms with Gasteiger partial charge < -0.3 is 35.0 Å². The molecule has 0 unspecified atom stereocenters. The number of hydrogen-bond acceptors (Lipinski definition) is 7. The Bertz CT molecular complexity index is 865. The van der Waals surface area contributed by atoms with Gasteiger partial charge in [0, 0.05) is 13.7 Å². The van der Waals surface area contributed by atoms with Crippen LogP contribution in [0, 0.1) is 5.41 Å². The van der Waals surface area contributed by atoms with Crippen molar-refractivity contribution in [2.45, 2.75) is 51.2 Å². The summed E-state index contributed by atoms with van der Waals surface area (Å²) in [5.74, 6) is -0.772. The maximum atomic E-state index is 13.1. The van der Waals surface area contributed by atoms with Crippen LogP contribution in [0.25, 0.3) is 0 Å². The third kappa shape index (κ3) is 6.88. The van der Waals surface area contributed by atoms with E-state index < -0.39 is 42.3 Å². The lowest BCUT2D eigenvalue weighted by Crippen LogP contribution is -2.57. The van der Waals surface area contributed by atoms with Gasteiger partial charge in [-0.25, -0.2) is 0 Å². The standard InChI is InChI=1S/C24H34N2O7/c1-6-13-26-16-9-7-8-10-18(16)33-14-15(23(26)31)25-22(30)21(32-5)20(29)19(28)17(27)11-12-24(2,3)4/h6-12,15,17,19-21,27-29H,1,13-14H2,2-5H3,(H,25,30)/t15-,17+,19-,20+,21+/m0/s1. The molecule has 0 aliphatic carbocycles. The van der Waals surface area contributed by atoms with Crippen molar-refractivity contribution in [3.8, 4) is 5.75 Å². The number of hydrogen-bond donors (Lipinski definition) is 4. The first-order chi connectivity index (χ1) is 15.5. The molecule has 1 heterocycles. The summed E-state index contributed by atoms with van der Waals surface area (Å²) < 4.78 is 10.8. The summed E-state index contributed by atoms with van der Waals surface area (Å²) in [6, 6.07) is 5.91. The largest absolute Gasteiger partial charge is 0.489 e. The number of aliphatic hydroxyl groups excluding tert-OH is 3. The Labute approximate surface area is 194 Å². The number of allylic oxidation sites excluding steroid dienone is 1. The molecule has 2 rings (SSSR count). The molecule has 4 N–H and O–H groups in total. The summed E-state index contributed by atoms with van der Waals surface area (Å²) in [7, 11) is 1.18. The molecule has 33 heavy (non-hydrogen) atoms. The first kappa shape index (κ1) is 26.5. The molecule has 0 aromatic heterocycles. The van der Waals surface area contributed by atoms with Gasteiger partial charge >= 0.3 is 0 Å². The highest BCUT2D eigenvalue weighted by Gasteiger charge is 2.38. The summed E-state index contributed by atoms with van der Waals surface area (Å²) in [5, 5.41) is 33.6. The molecule has 5 atom stereocenters. The zero-order chi connectivity index (χ0) is 24.8. The third-order valence-corrected chi connectivity index (χ3v) is 5.07. The maximum absolute atomic E-state index is 13.1. The van der Waals surface area contributed by atoms with Gasteiger partial charge in [0.15, 0.2) is 6.10 Å². The Morgan fingerprint density at radius 2 is 1.97 bits per heavy atom. The lowest BCUT2D eigenvalue weighted by Gasteiger charge is -2.29. The van der Waals surface area contributed by atoms with E-state index in [-0.39, 0.29) is 18.6 Å². The van der Waals surface area contributed by atoms with Gasteiger partial charge in [-0.15, -0.1) is 6.58 Å². The molecule has 182 valence electrons. The second-order valence-corrected chi connectivity index (χ2v) is 8.93. The number of nitrogens with one attached hydrogen (secondary N) is 1. The molecule has 0 saturated carbocycles. The highest BCUT2D eigenvalue weighted by atomic mass is 16.5. The molecule has 0 radical (unpaired) electrons. The minimum absolute atomic E-state index is 0.138. The second kappa shape index (κ2) is 11.4.